The number of amides is 2. The van der Waals surface area contributed by atoms with Crippen molar-refractivity contribution in [2.24, 2.45) is 5.73 Å². The number of benzene rings is 2. The molecule has 0 fully saturated rings. The Kier molecular flexibility index (Phi) is 3.79. The van der Waals surface area contributed by atoms with E-state index in [9.17, 15) is 9.59 Å². The lowest BCUT2D eigenvalue weighted by atomic mass is 9.93. The molecular weight excluding hydrogens is 282 g/mol. The van der Waals surface area contributed by atoms with Gasteiger partial charge in [0.1, 0.15) is 0 Å². The molecule has 0 saturated heterocycles. The van der Waals surface area contributed by atoms with Crippen LogP contribution in [0.15, 0.2) is 30.3 Å². The van der Waals surface area contributed by atoms with E-state index in [1.165, 1.54) is 4.90 Å². The lowest BCUT2D eigenvalue weighted by molar-refractivity contribution is 0.0529. The van der Waals surface area contributed by atoms with E-state index >= 15 is 0 Å². The molecule has 3 rings (SSSR count). The fraction of sp³-hybridized carbons (Fsp3) is 0.250. The van der Waals surface area contributed by atoms with Crippen molar-refractivity contribution in [3.8, 4) is 0 Å². The molecule has 1 heterocycles. The van der Waals surface area contributed by atoms with Crippen LogP contribution in [0.1, 0.15) is 20.7 Å². The monoisotopic (exact) mass is 299 g/mol. The van der Waals surface area contributed by atoms with Crippen molar-refractivity contribution in [3.05, 3.63) is 41.5 Å². The molecule has 114 valence electrons. The number of nitrogens with two attached hydrogens (primary N) is 2. The first-order valence-electron chi connectivity index (χ1n) is 7.10. The smallest absolute Gasteiger partial charge is 0.261 e. The molecule has 0 atom stereocenters. The zero-order chi connectivity index (χ0) is 15.7. The minimum absolute atomic E-state index is 0.206. The first-order valence-corrected chi connectivity index (χ1v) is 7.10. The largest absolute Gasteiger partial charge is 0.398 e. The van der Waals surface area contributed by atoms with Crippen LogP contribution in [0.25, 0.3) is 10.8 Å². The van der Waals surface area contributed by atoms with Gasteiger partial charge in [-0.05, 0) is 18.2 Å². The van der Waals surface area contributed by atoms with Gasteiger partial charge in [-0.1, -0.05) is 12.1 Å². The summed E-state index contributed by atoms with van der Waals surface area (Å²) < 4.78 is 5.27. The van der Waals surface area contributed by atoms with E-state index in [0.717, 1.165) is 5.39 Å². The fourth-order valence-electron chi connectivity index (χ4n) is 2.71. The second-order valence-electron chi connectivity index (χ2n) is 5.09. The van der Waals surface area contributed by atoms with Crippen LogP contribution in [-0.4, -0.2) is 43.0 Å². The van der Waals surface area contributed by atoms with Crippen molar-refractivity contribution in [2.75, 3.05) is 32.0 Å². The summed E-state index contributed by atoms with van der Waals surface area (Å²) in [5.41, 5.74) is 12.8. The third-order valence-electron chi connectivity index (χ3n) is 3.75. The van der Waals surface area contributed by atoms with Gasteiger partial charge >= 0.3 is 0 Å². The van der Waals surface area contributed by atoms with Gasteiger partial charge in [-0.3, -0.25) is 14.5 Å². The van der Waals surface area contributed by atoms with Crippen molar-refractivity contribution in [1.29, 1.82) is 0 Å². The fourth-order valence-corrected chi connectivity index (χ4v) is 2.71. The van der Waals surface area contributed by atoms with E-state index in [4.69, 9.17) is 16.2 Å². The van der Waals surface area contributed by atoms with Crippen LogP contribution < -0.4 is 11.5 Å². The number of ether oxygens (including phenoxy) is 1. The first-order chi connectivity index (χ1) is 10.6. The summed E-state index contributed by atoms with van der Waals surface area (Å²) >= 11 is 0. The molecule has 2 aromatic rings. The molecule has 6 nitrogen and oxygen atoms in total. The predicted molar refractivity (Wildman–Crippen MR) is 83.6 cm³/mol. The van der Waals surface area contributed by atoms with E-state index in [1.54, 1.807) is 24.3 Å². The van der Waals surface area contributed by atoms with Gasteiger partial charge in [-0.25, -0.2) is 0 Å². The average Bonchev–Trinajstić information content (AvgIpc) is 2.53. The highest BCUT2D eigenvalue weighted by molar-refractivity contribution is 6.26. The number of nitrogens with zero attached hydrogens (tertiary/aromatic N) is 1. The topological polar surface area (TPSA) is 98.7 Å². The van der Waals surface area contributed by atoms with Crippen molar-refractivity contribution < 1.29 is 14.3 Å². The van der Waals surface area contributed by atoms with Gasteiger partial charge in [0.05, 0.1) is 19.8 Å². The van der Waals surface area contributed by atoms with Gasteiger partial charge in [0.25, 0.3) is 11.8 Å². The number of anilines is 1. The lowest BCUT2D eigenvalue weighted by Crippen LogP contribution is -2.42. The van der Waals surface area contributed by atoms with E-state index in [2.05, 4.69) is 0 Å². The molecule has 22 heavy (non-hydrogen) atoms. The van der Waals surface area contributed by atoms with E-state index in [1.807, 2.05) is 6.07 Å². The number of hydrogen-bond acceptors (Lipinski definition) is 5. The number of carbonyl (C=O) groups excluding carboxylic acids is 2. The molecule has 0 bridgehead atoms. The standard InChI is InChI=1S/C16H17N3O3/c17-6-8-22-9-7-19-15(20)11-3-1-2-10-13(18)5-4-12(14(10)11)16(19)21/h1-5H,6-9,17-18H2. The van der Waals surface area contributed by atoms with Crippen molar-refractivity contribution in [2.45, 2.75) is 0 Å². The van der Waals surface area contributed by atoms with Crippen molar-refractivity contribution in [3.63, 3.8) is 0 Å². The SMILES string of the molecule is NCCOCCN1C(=O)c2cccc3c(N)ccc(c23)C1=O. The van der Waals surface area contributed by atoms with E-state index in [0.29, 0.717) is 35.4 Å². The van der Waals surface area contributed by atoms with Gasteiger partial charge in [0, 0.05) is 34.1 Å². The summed E-state index contributed by atoms with van der Waals surface area (Å²) in [4.78, 5) is 26.4. The summed E-state index contributed by atoms with van der Waals surface area (Å²) in [6.45, 7) is 1.29. The zero-order valence-electron chi connectivity index (χ0n) is 12.0. The molecule has 0 unspecified atom stereocenters. The summed E-state index contributed by atoms with van der Waals surface area (Å²) in [6, 6.07) is 8.67. The molecular formula is C16H17N3O3. The summed E-state index contributed by atoms with van der Waals surface area (Å²) in [5, 5.41) is 1.37. The van der Waals surface area contributed by atoms with Gasteiger partial charge in [-0.2, -0.15) is 0 Å². The van der Waals surface area contributed by atoms with Crippen LogP contribution in [0, 0.1) is 0 Å². The molecule has 2 amide bonds. The average molecular weight is 299 g/mol. The maximum atomic E-state index is 12.6. The molecule has 2 aromatic carbocycles. The maximum Gasteiger partial charge on any atom is 0.261 e. The Bertz CT molecular complexity index is 735. The molecule has 0 aromatic heterocycles. The number of imide groups is 1. The molecule has 4 N–H and O–H groups in total. The van der Waals surface area contributed by atoms with Crippen LogP contribution >= 0.6 is 0 Å². The molecule has 0 aliphatic carbocycles. The molecule has 0 radical (unpaired) electrons. The predicted octanol–water partition coefficient (Wildman–Crippen LogP) is 0.993. The highest BCUT2D eigenvalue weighted by atomic mass is 16.5. The molecule has 1 aliphatic heterocycles. The Balaban J connectivity index is 2.00. The Morgan fingerprint density at radius 1 is 1.00 bits per heavy atom. The number of hydrogen-bond donors (Lipinski definition) is 2. The number of rotatable bonds is 5. The van der Waals surface area contributed by atoms with Crippen molar-refractivity contribution >= 4 is 28.3 Å². The molecule has 6 heteroatoms. The van der Waals surface area contributed by atoms with Gasteiger partial charge in [0.2, 0.25) is 0 Å². The lowest BCUT2D eigenvalue weighted by Gasteiger charge is -2.27. The second kappa shape index (κ2) is 5.75. The van der Waals surface area contributed by atoms with E-state index in [-0.39, 0.29) is 25.0 Å². The summed E-state index contributed by atoms with van der Waals surface area (Å²) in [5.74, 6) is -0.630. The van der Waals surface area contributed by atoms with Crippen molar-refractivity contribution in [1.82, 2.24) is 4.90 Å². The zero-order valence-corrected chi connectivity index (χ0v) is 12.0. The first kappa shape index (κ1) is 14.5. The molecule has 0 saturated carbocycles. The van der Waals surface area contributed by atoms with Crippen LogP contribution in [0.4, 0.5) is 5.69 Å². The second-order valence-corrected chi connectivity index (χ2v) is 5.09. The van der Waals surface area contributed by atoms with Crippen LogP contribution in [0.2, 0.25) is 0 Å². The Hall–Kier alpha value is -2.44. The molecule has 0 spiro atoms. The van der Waals surface area contributed by atoms with Gasteiger partial charge in [0.15, 0.2) is 0 Å². The summed E-state index contributed by atoms with van der Waals surface area (Å²) in [6.07, 6.45) is 0. The van der Waals surface area contributed by atoms with Gasteiger partial charge < -0.3 is 16.2 Å². The van der Waals surface area contributed by atoms with Crippen LogP contribution in [0.3, 0.4) is 0 Å². The Morgan fingerprint density at radius 2 is 1.73 bits per heavy atom. The third-order valence-corrected chi connectivity index (χ3v) is 3.75. The number of nitrogen functional groups attached to an aromatic ring is 1. The normalized spacial score (nSPS) is 14.0. The highest BCUT2D eigenvalue weighted by Crippen LogP contribution is 2.32. The molecule has 1 aliphatic rings. The quantitative estimate of drug-likeness (QED) is 0.487. The Morgan fingerprint density at radius 3 is 2.45 bits per heavy atom. The summed E-state index contributed by atoms with van der Waals surface area (Å²) in [7, 11) is 0. The number of carbonyl (C=O) groups is 2. The highest BCUT2D eigenvalue weighted by Gasteiger charge is 2.32. The maximum absolute atomic E-state index is 12.6. The Labute approximate surface area is 127 Å². The van der Waals surface area contributed by atoms with Crippen LogP contribution in [0.5, 0.6) is 0 Å². The minimum Gasteiger partial charge on any atom is -0.398 e. The van der Waals surface area contributed by atoms with Gasteiger partial charge in [-0.15, -0.1) is 0 Å². The third kappa shape index (κ3) is 2.22. The minimum atomic E-state index is -0.315. The van der Waals surface area contributed by atoms with E-state index < -0.39 is 0 Å². The van der Waals surface area contributed by atoms with Crippen LogP contribution in [-0.2, 0) is 4.74 Å².